The van der Waals surface area contributed by atoms with Crippen molar-refractivity contribution >= 4 is 11.8 Å². The minimum atomic E-state index is -0.833. The second kappa shape index (κ2) is 4.19. The molecule has 3 rings (SSSR count). The molecule has 96 valence electrons. The van der Waals surface area contributed by atoms with Crippen molar-refractivity contribution < 1.29 is 14.3 Å². The number of aromatic nitrogens is 2. The Hall–Kier alpha value is -1.72. The van der Waals surface area contributed by atoms with Gasteiger partial charge in [0.05, 0.1) is 11.6 Å². The van der Waals surface area contributed by atoms with Gasteiger partial charge in [0.25, 0.3) is 0 Å². The van der Waals surface area contributed by atoms with Gasteiger partial charge in [-0.2, -0.15) is 0 Å². The fourth-order valence-corrected chi connectivity index (χ4v) is 2.37. The van der Waals surface area contributed by atoms with E-state index in [0.29, 0.717) is 18.8 Å². The van der Waals surface area contributed by atoms with Crippen LogP contribution in [0.25, 0.3) is 0 Å². The van der Waals surface area contributed by atoms with Gasteiger partial charge in [-0.3, -0.25) is 4.79 Å². The van der Waals surface area contributed by atoms with E-state index in [-0.39, 0.29) is 17.6 Å². The summed E-state index contributed by atoms with van der Waals surface area (Å²) in [6, 6.07) is 0. The number of carboxylic acids is 1. The molecule has 0 unspecified atom stereocenters. The summed E-state index contributed by atoms with van der Waals surface area (Å²) < 4.78 is 14.2. The van der Waals surface area contributed by atoms with E-state index in [1.807, 2.05) is 0 Å². The Morgan fingerprint density at radius 3 is 2.67 bits per heavy atom. The van der Waals surface area contributed by atoms with Gasteiger partial charge in [0.15, 0.2) is 11.6 Å². The van der Waals surface area contributed by atoms with E-state index in [4.69, 9.17) is 5.11 Å². The van der Waals surface area contributed by atoms with Crippen LogP contribution >= 0.6 is 0 Å². The maximum absolute atomic E-state index is 14.2. The first-order valence-corrected chi connectivity index (χ1v) is 6.15. The zero-order valence-corrected chi connectivity index (χ0v) is 9.84. The third-order valence-electron chi connectivity index (χ3n) is 3.82. The van der Waals surface area contributed by atoms with Gasteiger partial charge in [0, 0.05) is 19.0 Å². The van der Waals surface area contributed by atoms with Gasteiger partial charge < -0.3 is 10.0 Å². The molecular weight excluding hydrogens is 237 g/mol. The summed E-state index contributed by atoms with van der Waals surface area (Å²) in [6.07, 6.45) is 4.45. The molecule has 2 heterocycles. The van der Waals surface area contributed by atoms with Crippen LogP contribution in [0.3, 0.4) is 0 Å². The standard InChI is InChI=1S/C12H14FN3O2/c13-9-10(7-2-1-3-7)14-6-15-11(9)16-4-8(5-16)12(17)18/h6-8H,1-5H2,(H,17,18). The van der Waals surface area contributed by atoms with Gasteiger partial charge >= 0.3 is 5.97 Å². The van der Waals surface area contributed by atoms with Gasteiger partial charge in [0.2, 0.25) is 0 Å². The average molecular weight is 251 g/mol. The number of carboxylic acid groups (broad SMARTS) is 1. The lowest BCUT2D eigenvalue weighted by atomic mass is 9.82. The van der Waals surface area contributed by atoms with Gasteiger partial charge in [-0.15, -0.1) is 0 Å². The number of hydrogen-bond donors (Lipinski definition) is 1. The molecule has 18 heavy (non-hydrogen) atoms. The Morgan fingerprint density at radius 1 is 1.39 bits per heavy atom. The Bertz CT molecular complexity index is 484. The highest BCUT2D eigenvalue weighted by molar-refractivity contribution is 5.74. The molecule has 0 aromatic carbocycles. The molecule has 0 bridgehead atoms. The monoisotopic (exact) mass is 251 g/mol. The molecule has 2 fully saturated rings. The topological polar surface area (TPSA) is 66.3 Å². The molecule has 0 atom stereocenters. The summed E-state index contributed by atoms with van der Waals surface area (Å²) in [7, 11) is 0. The third-order valence-corrected chi connectivity index (χ3v) is 3.82. The Kier molecular flexibility index (Phi) is 2.65. The maximum Gasteiger partial charge on any atom is 0.310 e. The van der Waals surface area contributed by atoms with E-state index in [2.05, 4.69) is 9.97 Å². The van der Waals surface area contributed by atoms with E-state index in [9.17, 15) is 9.18 Å². The van der Waals surface area contributed by atoms with Crippen LogP contribution in [0.2, 0.25) is 0 Å². The largest absolute Gasteiger partial charge is 0.481 e. The first-order chi connectivity index (χ1) is 8.66. The van der Waals surface area contributed by atoms with Gasteiger partial charge in [-0.1, -0.05) is 6.42 Å². The van der Waals surface area contributed by atoms with Crippen molar-refractivity contribution in [3.05, 3.63) is 17.8 Å². The first-order valence-electron chi connectivity index (χ1n) is 6.15. The molecule has 6 heteroatoms. The molecule has 1 N–H and O–H groups in total. The van der Waals surface area contributed by atoms with Crippen LogP contribution in [0.1, 0.15) is 30.9 Å². The second-order valence-electron chi connectivity index (χ2n) is 4.96. The number of nitrogens with zero attached hydrogens (tertiary/aromatic N) is 3. The van der Waals surface area contributed by atoms with Crippen molar-refractivity contribution in [3.8, 4) is 0 Å². The molecule has 1 aliphatic carbocycles. The molecule has 1 saturated carbocycles. The minimum Gasteiger partial charge on any atom is -0.481 e. The van der Waals surface area contributed by atoms with Crippen LogP contribution < -0.4 is 4.90 Å². The molecule has 2 aliphatic rings. The van der Waals surface area contributed by atoms with Gasteiger partial charge in [0.1, 0.15) is 6.33 Å². The Morgan fingerprint density at radius 2 is 2.11 bits per heavy atom. The molecule has 1 saturated heterocycles. The number of anilines is 1. The van der Waals surface area contributed by atoms with E-state index in [0.717, 1.165) is 19.3 Å². The highest BCUT2D eigenvalue weighted by Gasteiger charge is 2.36. The van der Waals surface area contributed by atoms with Crippen molar-refractivity contribution in [1.82, 2.24) is 9.97 Å². The fourth-order valence-electron chi connectivity index (χ4n) is 2.37. The lowest BCUT2D eigenvalue weighted by Crippen LogP contribution is -2.51. The zero-order chi connectivity index (χ0) is 12.7. The summed E-state index contributed by atoms with van der Waals surface area (Å²) in [5, 5.41) is 8.80. The third kappa shape index (κ3) is 1.72. The Balaban J connectivity index is 1.79. The second-order valence-corrected chi connectivity index (χ2v) is 4.96. The molecule has 1 aromatic rings. The number of halogens is 1. The van der Waals surface area contributed by atoms with E-state index < -0.39 is 11.9 Å². The van der Waals surface area contributed by atoms with E-state index in [1.54, 1.807) is 4.90 Å². The van der Waals surface area contributed by atoms with Crippen LogP contribution in [-0.4, -0.2) is 34.1 Å². The first kappa shape index (κ1) is 11.4. The quantitative estimate of drug-likeness (QED) is 0.879. The highest BCUT2D eigenvalue weighted by Crippen LogP contribution is 2.38. The Labute approximate surface area is 104 Å². The predicted octanol–water partition coefficient (Wildman–Crippen LogP) is 1.40. The summed E-state index contributed by atoms with van der Waals surface area (Å²) in [5.74, 6) is -1.15. The molecule has 0 radical (unpaired) electrons. The average Bonchev–Trinajstić information content (AvgIpc) is 2.18. The van der Waals surface area contributed by atoms with Crippen LogP contribution in [0, 0.1) is 11.7 Å². The summed E-state index contributed by atoms with van der Waals surface area (Å²) in [5.41, 5.74) is 0.491. The lowest BCUT2D eigenvalue weighted by molar-refractivity contribution is -0.142. The van der Waals surface area contributed by atoms with Crippen LogP contribution in [-0.2, 0) is 4.79 Å². The summed E-state index contributed by atoms with van der Waals surface area (Å²) >= 11 is 0. The fraction of sp³-hybridized carbons (Fsp3) is 0.583. The van der Waals surface area contributed by atoms with E-state index >= 15 is 0 Å². The molecular formula is C12H14FN3O2. The summed E-state index contributed by atoms with van der Waals surface area (Å²) in [6.45, 7) is 0.654. The lowest BCUT2D eigenvalue weighted by Gasteiger charge is -2.38. The minimum absolute atomic E-state index is 0.211. The van der Waals surface area contributed by atoms with Crippen molar-refractivity contribution in [1.29, 1.82) is 0 Å². The SMILES string of the molecule is O=C(O)C1CN(c2ncnc(C3CCC3)c2F)C1. The van der Waals surface area contributed by atoms with Crippen LogP contribution in [0.5, 0.6) is 0 Å². The normalized spacial score (nSPS) is 20.4. The van der Waals surface area contributed by atoms with Crippen LogP contribution in [0.15, 0.2) is 6.33 Å². The van der Waals surface area contributed by atoms with Crippen molar-refractivity contribution in [2.75, 3.05) is 18.0 Å². The number of hydrogen-bond acceptors (Lipinski definition) is 4. The molecule has 1 aromatic heterocycles. The summed E-state index contributed by atoms with van der Waals surface area (Å²) in [4.78, 5) is 20.4. The van der Waals surface area contributed by atoms with Crippen LogP contribution in [0.4, 0.5) is 10.2 Å². The molecule has 0 amide bonds. The number of carbonyl (C=O) groups is 1. The molecule has 0 spiro atoms. The number of aliphatic carboxylic acids is 1. The number of rotatable bonds is 3. The molecule has 5 nitrogen and oxygen atoms in total. The van der Waals surface area contributed by atoms with E-state index in [1.165, 1.54) is 6.33 Å². The predicted molar refractivity (Wildman–Crippen MR) is 61.9 cm³/mol. The molecule has 1 aliphatic heterocycles. The highest BCUT2D eigenvalue weighted by atomic mass is 19.1. The smallest absolute Gasteiger partial charge is 0.310 e. The van der Waals surface area contributed by atoms with Crippen molar-refractivity contribution in [3.63, 3.8) is 0 Å². The maximum atomic E-state index is 14.2. The van der Waals surface area contributed by atoms with Crippen molar-refractivity contribution in [2.24, 2.45) is 5.92 Å². The zero-order valence-electron chi connectivity index (χ0n) is 9.84. The van der Waals surface area contributed by atoms with Gasteiger partial charge in [-0.05, 0) is 12.8 Å². The van der Waals surface area contributed by atoms with Gasteiger partial charge in [-0.25, -0.2) is 14.4 Å². The van der Waals surface area contributed by atoms with Crippen molar-refractivity contribution in [2.45, 2.75) is 25.2 Å².